The number of hydrogen-bond donors (Lipinski definition) is 3. The zero-order chi connectivity index (χ0) is 21.8. The number of carbonyl (C=O) groups excluding carboxylic acids is 3. The Balaban J connectivity index is 2.12. The summed E-state index contributed by atoms with van der Waals surface area (Å²) < 4.78 is 18.2. The molecule has 0 fully saturated rings. The number of ether oxygens (including phenoxy) is 1. The highest BCUT2D eigenvalue weighted by atomic mass is 35.5. The SMILES string of the molecule is C[C@H](NC(=O)OC(C)(C)C)C(=O)Cc1cccc(Cl)c1C(=O)Nc1cc(F)[nH]n1. The first-order chi connectivity index (χ1) is 13.5. The largest absolute Gasteiger partial charge is 0.444 e. The molecule has 0 saturated carbocycles. The molecule has 1 aromatic heterocycles. The van der Waals surface area contributed by atoms with Crippen LogP contribution in [0.15, 0.2) is 24.3 Å². The number of nitrogens with one attached hydrogen (secondary N) is 3. The van der Waals surface area contributed by atoms with E-state index in [4.69, 9.17) is 16.3 Å². The lowest BCUT2D eigenvalue weighted by atomic mass is 9.99. The van der Waals surface area contributed by atoms with Crippen LogP contribution in [-0.4, -0.2) is 39.6 Å². The Bertz CT molecular complexity index is 923. The predicted molar refractivity (Wildman–Crippen MR) is 105 cm³/mol. The number of hydrogen-bond acceptors (Lipinski definition) is 5. The molecule has 8 nitrogen and oxygen atoms in total. The van der Waals surface area contributed by atoms with Crippen molar-refractivity contribution in [3.05, 3.63) is 46.4 Å². The van der Waals surface area contributed by atoms with Crippen molar-refractivity contribution in [2.75, 3.05) is 5.32 Å². The van der Waals surface area contributed by atoms with E-state index in [1.54, 1.807) is 32.9 Å². The molecule has 156 valence electrons. The number of ketones is 1. The summed E-state index contributed by atoms with van der Waals surface area (Å²) in [6.45, 7) is 6.65. The molecule has 2 rings (SSSR count). The van der Waals surface area contributed by atoms with Gasteiger partial charge in [0.05, 0.1) is 16.6 Å². The summed E-state index contributed by atoms with van der Waals surface area (Å²) in [4.78, 5) is 37.0. The quantitative estimate of drug-likeness (QED) is 0.657. The van der Waals surface area contributed by atoms with Crippen LogP contribution in [0, 0.1) is 5.95 Å². The number of halogens is 2. The first-order valence-electron chi connectivity index (χ1n) is 8.78. The van der Waals surface area contributed by atoms with Gasteiger partial charge in [-0.1, -0.05) is 23.7 Å². The van der Waals surface area contributed by atoms with Crippen molar-refractivity contribution in [2.45, 2.75) is 45.8 Å². The topological polar surface area (TPSA) is 113 Å². The number of aromatic nitrogens is 2. The highest BCUT2D eigenvalue weighted by Crippen LogP contribution is 2.22. The monoisotopic (exact) mass is 424 g/mol. The average Bonchev–Trinajstić information content (AvgIpc) is 2.97. The number of nitrogens with zero attached hydrogens (tertiary/aromatic N) is 1. The molecule has 1 aromatic carbocycles. The normalized spacial score (nSPS) is 12.2. The fraction of sp³-hybridized carbons (Fsp3) is 0.368. The molecule has 2 aromatic rings. The smallest absolute Gasteiger partial charge is 0.408 e. The third-order valence-electron chi connectivity index (χ3n) is 3.70. The van der Waals surface area contributed by atoms with Crippen molar-refractivity contribution in [1.82, 2.24) is 15.5 Å². The van der Waals surface area contributed by atoms with Crippen molar-refractivity contribution in [3.8, 4) is 0 Å². The van der Waals surface area contributed by atoms with Crippen molar-refractivity contribution in [2.24, 2.45) is 0 Å². The van der Waals surface area contributed by atoms with Crippen LogP contribution in [0.4, 0.5) is 15.0 Å². The molecule has 0 aliphatic rings. The van der Waals surface area contributed by atoms with Crippen LogP contribution < -0.4 is 10.6 Å². The highest BCUT2D eigenvalue weighted by Gasteiger charge is 2.24. The summed E-state index contributed by atoms with van der Waals surface area (Å²) in [6, 6.07) is 4.83. The first-order valence-corrected chi connectivity index (χ1v) is 9.16. The molecule has 1 heterocycles. The Hall–Kier alpha value is -2.94. The molecular weight excluding hydrogens is 403 g/mol. The molecule has 2 amide bonds. The Morgan fingerprint density at radius 2 is 2.00 bits per heavy atom. The van der Waals surface area contributed by atoms with Gasteiger partial charge in [0, 0.05) is 12.5 Å². The third kappa shape index (κ3) is 6.56. The van der Waals surface area contributed by atoms with Gasteiger partial charge in [0.2, 0.25) is 5.95 Å². The molecule has 0 bridgehead atoms. The van der Waals surface area contributed by atoms with Gasteiger partial charge in [0.25, 0.3) is 5.91 Å². The van der Waals surface area contributed by atoms with Gasteiger partial charge in [0.15, 0.2) is 11.6 Å². The Morgan fingerprint density at radius 1 is 1.31 bits per heavy atom. The lowest BCUT2D eigenvalue weighted by Gasteiger charge is -2.21. The van der Waals surface area contributed by atoms with Gasteiger partial charge in [-0.15, -0.1) is 0 Å². The number of benzene rings is 1. The Labute approximate surface area is 172 Å². The molecular formula is C19H22ClFN4O4. The number of carbonyl (C=O) groups is 3. The van der Waals surface area contributed by atoms with Gasteiger partial charge in [-0.2, -0.15) is 9.49 Å². The molecule has 0 spiro atoms. The van der Waals surface area contributed by atoms with Crippen LogP contribution in [0.2, 0.25) is 5.02 Å². The van der Waals surface area contributed by atoms with Crippen molar-refractivity contribution in [1.29, 1.82) is 0 Å². The van der Waals surface area contributed by atoms with Crippen LogP contribution >= 0.6 is 11.6 Å². The Kier molecular flexibility index (Phi) is 6.97. The van der Waals surface area contributed by atoms with Gasteiger partial charge in [-0.05, 0) is 39.3 Å². The lowest BCUT2D eigenvalue weighted by molar-refractivity contribution is -0.120. The number of amides is 2. The molecule has 1 atom stereocenters. The zero-order valence-corrected chi connectivity index (χ0v) is 17.2. The minimum Gasteiger partial charge on any atom is -0.444 e. The van der Waals surface area contributed by atoms with E-state index >= 15 is 0 Å². The van der Waals surface area contributed by atoms with E-state index in [0.29, 0.717) is 5.56 Å². The number of Topliss-reactive ketones (excluding diaryl/α,β-unsaturated/α-hetero) is 1. The molecule has 0 aliphatic carbocycles. The van der Waals surface area contributed by atoms with Gasteiger partial charge < -0.3 is 15.4 Å². The molecule has 3 N–H and O–H groups in total. The van der Waals surface area contributed by atoms with Gasteiger partial charge in [-0.25, -0.2) is 4.79 Å². The first kappa shape index (κ1) is 22.4. The summed E-state index contributed by atoms with van der Waals surface area (Å²) >= 11 is 6.15. The van der Waals surface area contributed by atoms with Crippen molar-refractivity contribution in [3.63, 3.8) is 0 Å². The second kappa shape index (κ2) is 9.04. The fourth-order valence-electron chi connectivity index (χ4n) is 2.42. The molecule has 29 heavy (non-hydrogen) atoms. The maximum atomic E-state index is 13.0. The molecule has 0 aliphatic heterocycles. The highest BCUT2D eigenvalue weighted by molar-refractivity contribution is 6.34. The summed E-state index contributed by atoms with van der Waals surface area (Å²) in [5.74, 6) is -1.72. The van der Waals surface area contributed by atoms with E-state index in [2.05, 4.69) is 20.8 Å². The number of alkyl carbamates (subject to hydrolysis) is 1. The average molecular weight is 425 g/mol. The summed E-state index contributed by atoms with van der Waals surface area (Å²) in [7, 11) is 0. The fourth-order valence-corrected chi connectivity index (χ4v) is 2.70. The number of aromatic amines is 1. The third-order valence-corrected chi connectivity index (χ3v) is 4.01. The summed E-state index contributed by atoms with van der Waals surface area (Å²) in [6.07, 6.45) is -0.877. The number of anilines is 1. The molecule has 0 saturated heterocycles. The van der Waals surface area contributed by atoms with Crippen LogP contribution in [0.5, 0.6) is 0 Å². The summed E-state index contributed by atoms with van der Waals surface area (Å²) in [5.41, 5.74) is -0.277. The van der Waals surface area contributed by atoms with Crippen molar-refractivity contribution >= 4 is 35.2 Å². The maximum absolute atomic E-state index is 13.0. The summed E-state index contributed by atoms with van der Waals surface area (Å²) in [5, 5.41) is 10.7. The van der Waals surface area contributed by atoms with Crippen LogP contribution in [0.3, 0.4) is 0 Å². The second-order valence-corrected chi connectivity index (χ2v) is 7.75. The van der Waals surface area contributed by atoms with E-state index in [0.717, 1.165) is 6.07 Å². The van der Waals surface area contributed by atoms with Crippen LogP contribution in [0.1, 0.15) is 43.6 Å². The van der Waals surface area contributed by atoms with Crippen LogP contribution in [-0.2, 0) is 16.0 Å². The molecule has 10 heteroatoms. The van der Waals surface area contributed by atoms with Gasteiger partial charge in [0.1, 0.15) is 5.60 Å². The Morgan fingerprint density at radius 3 is 2.59 bits per heavy atom. The van der Waals surface area contributed by atoms with Crippen molar-refractivity contribution < 1.29 is 23.5 Å². The van der Waals surface area contributed by atoms with E-state index in [-0.39, 0.29) is 28.6 Å². The van der Waals surface area contributed by atoms with Crippen LogP contribution in [0.25, 0.3) is 0 Å². The number of rotatable bonds is 6. The zero-order valence-electron chi connectivity index (χ0n) is 16.4. The lowest BCUT2D eigenvalue weighted by Crippen LogP contribution is -2.42. The maximum Gasteiger partial charge on any atom is 0.408 e. The van der Waals surface area contributed by atoms with E-state index < -0.39 is 29.6 Å². The minimum absolute atomic E-state index is 0.0235. The minimum atomic E-state index is -0.847. The van der Waals surface area contributed by atoms with Gasteiger partial charge in [-0.3, -0.25) is 14.7 Å². The van der Waals surface area contributed by atoms with E-state index in [9.17, 15) is 18.8 Å². The molecule has 0 unspecified atom stereocenters. The van der Waals surface area contributed by atoms with E-state index in [1.807, 2.05) is 0 Å². The molecule has 0 radical (unpaired) electrons. The standard InChI is InChI=1S/C19H22ClFN4O4/c1-10(22-18(28)29-19(2,3)4)13(26)8-11-6-5-7-12(20)16(11)17(27)23-15-9-14(21)24-25-15/h5-7,9-10H,8H2,1-4H3,(H,22,28)(H2,23,24,25,27)/t10-/m0/s1. The second-order valence-electron chi connectivity index (χ2n) is 7.34. The number of H-pyrrole nitrogens is 1. The van der Waals surface area contributed by atoms with Gasteiger partial charge >= 0.3 is 6.09 Å². The van der Waals surface area contributed by atoms with E-state index in [1.165, 1.54) is 13.0 Å². The predicted octanol–water partition coefficient (Wildman–Crippen LogP) is 3.48.